The molecule has 0 aromatic heterocycles. The van der Waals surface area contributed by atoms with Gasteiger partial charge in [-0.05, 0) is 18.2 Å². The lowest BCUT2D eigenvalue weighted by Crippen LogP contribution is -2.47. The third kappa shape index (κ3) is 3.86. The van der Waals surface area contributed by atoms with E-state index >= 15 is 0 Å². The van der Waals surface area contributed by atoms with Crippen molar-refractivity contribution in [2.45, 2.75) is 25.0 Å². The van der Waals surface area contributed by atoms with Gasteiger partial charge < -0.3 is 19.7 Å². The van der Waals surface area contributed by atoms with Crippen molar-refractivity contribution < 1.29 is 23.5 Å². The minimum Gasteiger partial charge on any atom is -0.347 e. The molecule has 124 valence electrons. The summed E-state index contributed by atoms with van der Waals surface area (Å²) >= 11 is 0. The number of halogens is 1. The fourth-order valence-corrected chi connectivity index (χ4v) is 2.90. The molecule has 0 saturated carbocycles. The van der Waals surface area contributed by atoms with Crippen molar-refractivity contribution in [3.63, 3.8) is 0 Å². The van der Waals surface area contributed by atoms with E-state index < -0.39 is 17.5 Å². The first-order valence-electron chi connectivity index (χ1n) is 7.67. The number of benzene rings is 1. The Morgan fingerprint density at radius 2 is 1.91 bits per heavy atom. The highest BCUT2D eigenvalue weighted by Crippen LogP contribution is 2.31. The molecule has 6 nitrogen and oxygen atoms in total. The number of rotatable bonds is 3. The molecule has 0 unspecified atom stereocenters. The molecule has 0 aliphatic carbocycles. The van der Waals surface area contributed by atoms with Crippen LogP contribution in [0.1, 0.15) is 19.3 Å². The average molecular weight is 322 g/mol. The lowest BCUT2D eigenvalue weighted by molar-refractivity contribution is -0.187. The molecule has 2 aliphatic rings. The number of nitrogens with zero attached hydrogens (tertiary/aromatic N) is 1. The van der Waals surface area contributed by atoms with E-state index in [4.69, 9.17) is 9.47 Å². The number of hydrogen-bond donors (Lipinski definition) is 1. The number of anilines is 1. The molecular formula is C16H19FN2O4. The molecule has 2 aliphatic heterocycles. The van der Waals surface area contributed by atoms with Crippen LogP contribution in [0.3, 0.4) is 0 Å². The van der Waals surface area contributed by atoms with E-state index in [2.05, 4.69) is 5.32 Å². The van der Waals surface area contributed by atoms with Gasteiger partial charge in [-0.3, -0.25) is 9.59 Å². The highest BCUT2D eigenvalue weighted by atomic mass is 19.1. The first-order valence-corrected chi connectivity index (χ1v) is 7.67. The van der Waals surface area contributed by atoms with Gasteiger partial charge in [-0.1, -0.05) is 6.07 Å². The maximum absolute atomic E-state index is 13.1. The average Bonchev–Trinajstić information content (AvgIpc) is 2.96. The number of carbonyl (C=O) groups is 2. The van der Waals surface area contributed by atoms with Crippen LogP contribution in [-0.2, 0) is 19.1 Å². The Kier molecular flexibility index (Phi) is 4.58. The highest BCUT2D eigenvalue weighted by Gasteiger charge is 2.40. The van der Waals surface area contributed by atoms with Crippen molar-refractivity contribution in [2.75, 3.05) is 31.6 Å². The molecule has 0 bridgehead atoms. The Morgan fingerprint density at radius 1 is 1.22 bits per heavy atom. The van der Waals surface area contributed by atoms with E-state index in [0.29, 0.717) is 44.8 Å². The summed E-state index contributed by atoms with van der Waals surface area (Å²) in [6.45, 7) is 2.19. The second-order valence-electron chi connectivity index (χ2n) is 5.72. The van der Waals surface area contributed by atoms with E-state index in [1.54, 1.807) is 11.0 Å². The summed E-state index contributed by atoms with van der Waals surface area (Å²) in [5.74, 6) is -1.67. The fourth-order valence-electron chi connectivity index (χ4n) is 2.90. The van der Waals surface area contributed by atoms with Gasteiger partial charge in [0.1, 0.15) is 12.2 Å². The van der Waals surface area contributed by atoms with Gasteiger partial charge in [-0.15, -0.1) is 0 Å². The van der Waals surface area contributed by atoms with Gasteiger partial charge in [0, 0.05) is 31.6 Å². The zero-order valence-corrected chi connectivity index (χ0v) is 12.7. The number of amides is 2. The van der Waals surface area contributed by atoms with Crippen molar-refractivity contribution in [2.24, 2.45) is 0 Å². The largest absolute Gasteiger partial charge is 0.347 e. The number of hydrogen-bond acceptors (Lipinski definition) is 4. The first-order chi connectivity index (χ1) is 11.1. The van der Waals surface area contributed by atoms with Gasteiger partial charge in [0.25, 0.3) is 0 Å². The van der Waals surface area contributed by atoms with Gasteiger partial charge in [-0.25, -0.2) is 4.39 Å². The second kappa shape index (κ2) is 6.64. The standard InChI is InChI=1S/C16H19FN2O4/c17-12-2-1-3-13(10-12)18-14(20)11-15(21)19-6-4-16(5-7-19)22-8-9-23-16/h1-3,10H,4-9,11H2,(H,18,20). The molecule has 0 radical (unpaired) electrons. The van der Waals surface area contributed by atoms with E-state index in [0.717, 1.165) is 0 Å². The molecule has 23 heavy (non-hydrogen) atoms. The summed E-state index contributed by atoms with van der Waals surface area (Å²) < 4.78 is 24.3. The molecule has 2 amide bonds. The SMILES string of the molecule is O=C(CC(=O)N1CCC2(CC1)OCCO2)Nc1cccc(F)c1. The topological polar surface area (TPSA) is 67.9 Å². The summed E-state index contributed by atoms with van der Waals surface area (Å²) in [7, 11) is 0. The van der Waals surface area contributed by atoms with Gasteiger partial charge in [0.05, 0.1) is 13.2 Å². The normalized spacial score (nSPS) is 19.8. The van der Waals surface area contributed by atoms with E-state index in [9.17, 15) is 14.0 Å². The van der Waals surface area contributed by atoms with Crippen LogP contribution in [0.5, 0.6) is 0 Å². The number of nitrogens with one attached hydrogen (secondary N) is 1. The summed E-state index contributed by atoms with van der Waals surface area (Å²) in [6, 6.07) is 5.57. The molecule has 1 spiro atoms. The van der Waals surface area contributed by atoms with Crippen molar-refractivity contribution in [1.29, 1.82) is 0 Å². The predicted octanol–water partition coefficient (Wildman–Crippen LogP) is 1.52. The number of ether oxygens (including phenoxy) is 2. The van der Waals surface area contributed by atoms with E-state index in [1.165, 1.54) is 18.2 Å². The maximum atomic E-state index is 13.1. The monoisotopic (exact) mass is 322 g/mol. The summed E-state index contributed by atoms with van der Waals surface area (Å²) in [4.78, 5) is 25.7. The van der Waals surface area contributed by atoms with Crippen LogP contribution in [-0.4, -0.2) is 48.8 Å². The lowest BCUT2D eigenvalue weighted by Gasteiger charge is -2.37. The zero-order chi connectivity index (χ0) is 16.3. The summed E-state index contributed by atoms with van der Waals surface area (Å²) in [6.07, 6.45) is 0.972. The summed E-state index contributed by atoms with van der Waals surface area (Å²) in [5, 5.41) is 2.53. The Hall–Kier alpha value is -1.99. The summed E-state index contributed by atoms with van der Waals surface area (Å²) in [5.41, 5.74) is 0.341. The third-order valence-corrected chi connectivity index (χ3v) is 4.11. The minimum atomic E-state index is -0.541. The molecule has 0 atom stereocenters. The van der Waals surface area contributed by atoms with Crippen molar-refractivity contribution >= 4 is 17.5 Å². The van der Waals surface area contributed by atoms with Gasteiger partial charge in [0.2, 0.25) is 11.8 Å². The second-order valence-corrected chi connectivity index (χ2v) is 5.72. The Balaban J connectivity index is 1.48. The molecule has 2 fully saturated rings. The predicted molar refractivity (Wildman–Crippen MR) is 80.1 cm³/mol. The highest BCUT2D eigenvalue weighted by molar-refractivity contribution is 6.03. The van der Waals surface area contributed by atoms with Crippen LogP contribution >= 0.6 is 0 Å². The molecule has 7 heteroatoms. The first kappa shape index (κ1) is 15.9. The Morgan fingerprint density at radius 3 is 2.57 bits per heavy atom. The van der Waals surface area contributed by atoms with E-state index in [1.807, 2.05) is 0 Å². The van der Waals surface area contributed by atoms with Crippen LogP contribution in [0.25, 0.3) is 0 Å². The van der Waals surface area contributed by atoms with Crippen LogP contribution in [0.15, 0.2) is 24.3 Å². The zero-order valence-electron chi connectivity index (χ0n) is 12.7. The molecule has 1 N–H and O–H groups in total. The maximum Gasteiger partial charge on any atom is 0.233 e. The molecule has 2 saturated heterocycles. The van der Waals surface area contributed by atoms with Gasteiger partial charge in [0.15, 0.2) is 5.79 Å². The fraction of sp³-hybridized carbons (Fsp3) is 0.500. The van der Waals surface area contributed by atoms with Crippen LogP contribution in [0.4, 0.5) is 10.1 Å². The molecule has 1 aromatic rings. The quantitative estimate of drug-likeness (QED) is 0.857. The van der Waals surface area contributed by atoms with Gasteiger partial charge >= 0.3 is 0 Å². The van der Waals surface area contributed by atoms with Crippen LogP contribution in [0, 0.1) is 5.82 Å². The van der Waals surface area contributed by atoms with Crippen LogP contribution < -0.4 is 5.32 Å². The lowest BCUT2D eigenvalue weighted by atomic mass is 10.0. The molecule has 3 rings (SSSR count). The number of likely N-dealkylation sites (tertiary alicyclic amines) is 1. The Bertz CT molecular complexity index is 591. The van der Waals surface area contributed by atoms with E-state index in [-0.39, 0.29) is 12.3 Å². The van der Waals surface area contributed by atoms with Crippen LogP contribution in [0.2, 0.25) is 0 Å². The van der Waals surface area contributed by atoms with Crippen molar-refractivity contribution in [3.05, 3.63) is 30.1 Å². The molecular weight excluding hydrogens is 303 g/mol. The number of piperidine rings is 1. The van der Waals surface area contributed by atoms with Crippen molar-refractivity contribution in [3.8, 4) is 0 Å². The minimum absolute atomic E-state index is 0.244. The van der Waals surface area contributed by atoms with Crippen molar-refractivity contribution in [1.82, 2.24) is 4.90 Å². The molecule has 2 heterocycles. The Labute approximate surface area is 133 Å². The molecule has 1 aromatic carbocycles. The van der Waals surface area contributed by atoms with Gasteiger partial charge in [-0.2, -0.15) is 0 Å². The number of carbonyl (C=O) groups excluding carboxylic acids is 2. The smallest absolute Gasteiger partial charge is 0.233 e. The third-order valence-electron chi connectivity index (χ3n) is 4.11.